The Morgan fingerprint density at radius 1 is 1.09 bits per heavy atom. The van der Waals surface area contributed by atoms with Gasteiger partial charge in [-0.1, -0.05) is 17.7 Å². The number of aliphatic hydroxyl groups is 2. The van der Waals surface area contributed by atoms with Crippen LogP contribution in [0.4, 0.5) is 16.2 Å². The molecular formula is C25H31ClN4O5. The van der Waals surface area contributed by atoms with Crippen molar-refractivity contribution in [1.82, 2.24) is 10.2 Å². The zero-order chi connectivity index (χ0) is 24.8. The van der Waals surface area contributed by atoms with E-state index in [9.17, 15) is 14.7 Å². The van der Waals surface area contributed by atoms with Gasteiger partial charge in [0.2, 0.25) is 5.91 Å². The molecule has 3 atom stereocenters. The number of benzene rings is 2. The van der Waals surface area contributed by atoms with Crippen molar-refractivity contribution in [2.75, 3.05) is 43.5 Å². The minimum Gasteiger partial charge on any atom is -0.394 e. The van der Waals surface area contributed by atoms with Crippen LogP contribution >= 0.6 is 11.6 Å². The first-order valence-corrected chi connectivity index (χ1v) is 12.2. The summed E-state index contributed by atoms with van der Waals surface area (Å²) in [6, 6.07) is 11.4. The standard InChI is InChI=1S/C25H31ClN4O5/c26-18-2-5-19(6-3-18)29-25(34)30-13-22(35-15-21(32)14-31)12-23(30)24(33)28-20-4-1-16-7-9-27-10-8-17(16)11-20/h1-6,11,21-23,27,31-32H,7-10,12-15H2,(H,28,33)(H,29,34). The van der Waals surface area contributed by atoms with Gasteiger partial charge in [-0.25, -0.2) is 4.79 Å². The second kappa shape index (κ2) is 11.8. The van der Waals surface area contributed by atoms with E-state index in [-0.39, 0.29) is 25.5 Å². The van der Waals surface area contributed by atoms with Crippen LogP contribution < -0.4 is 16.0 Å². The molecule has 1 fully saturated rings. The van der Waals surface area contributed by atoms with Gasteiger partial charge in [0.15, 0.2) is 0 Å². The summed E-state index contributed by atoms with van der Waals surface area (Å²) in [5.74, 6) is -0.309. The van der Waals surface area contributed by atoms with Crippen molar-refractivity contribution in [3.63, 3.8) is 0 Å². The second-order valence-corrected chi connectivity index (χ2v) is 9.29. The molecule has 2 heterocycles. The molecule has 0 aliphatic carbocycles. The SMILES string of the molecule is O=C(Nc1ccc2c(c1)CCNCC2)C1CC(OCC(O)CO)CN1C(=O)Nc1ccc(Cl)cc1. The lowest BCUT2D eigenvalue weighted by atomic mass is 10.0. The fourth-order valence-corrected chi connectivity index (χ4v) is 4.52. The molecule has 0 bridgehead atoms. The molecule has 2 aliphatic heterocycles. The van der Waals surface area contributed by atoms with Gasteiger partial charge in [0.1, 0.15) is 12.1 Å². The van der Waals surface area contributed by atoms with Gasteiger partial charge in [-0.2, -0.15) is 0 Å². The molecule has 188 valence electrons. The van der Waals surface area contributed by atoms with E-state index >= 15 is 0 Å². The number of carbonyl (C=O) groups is 2. The van der Waals surface area contributed by atoms with Crippen LogP contribution in [-0.4, -0.2) is 78.1 Å². The van der Waals surface area contributed by atoms with Gasteiger partial charge < -0.3 is 35.8 Å². The summed E-state index contributed by atoms with van der Waals surface area (Å²) in [5, 5.41) is 28.4. The highest BCUT2D eigenvalue weighted by Gasteiger charge is 2.40. The summed E-state index contributed by atoms with van der Waals surface area (Å²) in [4.78, 5) is 27.8. The van der Waals surface area contributed by atoms with Gasteiger partial charge in [-0.3, -0.25) is 4.79 Å². The number of nitrogens with one attached hydrogen (secondary N) is 3. The van der Waals surface area contributed by atoms with Crippen LogP contribution in [0.5, 0.6) is 0 Å². The second-order valence-electron chi connectivity index (χ2n) is 8.86. The van der Waals surface area contributed by atoms with E-state index in [1.807, 2.05) is 18.2 Å². The summed E-state index contributed by atoms with van der Waals surface area (Å²) in [6.07, 6.45) is 0.631. The highest BCUT2D eigenvalue weighted by molar-refractivity contribution is 6.30. The van der Waals surface area contributed by atoms with Crippen molar-refractivity contribution in [2.45, 2.75) is 37.5 Å². The van der Waals surface area contributed by atoms with Gasteiger partial charge in [0.05, 0.1) is 19.3 Å². The number of hydrogen-bond donors (Lipinski definition) is 5. The largest absolute Gasteiger partial charge is 0.394 e. The van der Waals surface area contributed by atoms with Crippen LogP contribution in [0.25, 0.3) is 0 Å². The Bertz CT molecular complexity index is 1040. The van der Waals surface area contributed by atoms with E-state index in [1.54, 1.807) is 24.3 Å². The van der Waals surface area contributed by atoms with Gasteiger partial charge in [0.25, 0.3) is 0 Å². The Kier molecular flexibility index (Phi) is 8.59. The number of halogens is 1. The van der Waals surface area contributed by atoms with Crippen LogP contribution in [0.3, 0.4) is 0 Å². The number of aliphatic hydroxyl groups excluding tert-OH is 2. The van der Waals surface area contributed by atoms with Gasteiger partial charge in [0, 0.05) is 29.4 Å². The van der Waals surface area contributed by atoms with Crippen molar-refractivity contribution in [2.24, 2.45) is 0 Å². The number of nitrogens with zero attached hydrogens (tertiary/aromatic N) is 1. The Morgan fingerprint density at radius 3 is 2.54 bits per heavy atom. The molecule has 0 spiro atoms. The van der Waals surface area contributed by atoms with E-state index in [0.717, 1.165) is 25.9 Å². The molecule has 3 unspecified atom stereocenters. The summed E-state index contributed by atoms with van der Waals surface area (Å²) in [7, 11) is 0. The monoisotopic (exact) mass is 502 g/mol. The molecule has 35 heavy (non-hydrogen) atoms. The third-order valence-corrected chi connectivity index (χ3v) is 6.52. The highest BCUT2D eigenvalue weighted by atomic mass is 35.5. The number of urea groups is 1. The first-order chi connectivity index (χ1) is 16.9. The molecule has 1 saturated heterocycles. The lowest BCUT2D eigenvalue weighted by molar-refractivity contribution is -0.119. The first kappa shape index (κ1) is 25.4. The van der Waals surface area contributed by atoms with Crippen LogP contribution in [0.2, 0.25) is 5.02 Å². The van der Waals surface area contributed by atoms with Crippen LogP contribution in [0.1, 0.15) is 17.5 Å². The minimum atomic E-state index is -1.02. The molecule has 0 aromatic heterocycles. The Morgan fingerprint density at radius 2 is 1.80 bits per heavy atom. The topological polar surface area (TPSA) is 123 Å². The fraction of sp³-hybridized carbons (Fsp3) is 0.440. The molecule has 4 rings (SSSR count). The maximum absolute atomic E-state index is 13.3. The molecule has 0 saturated carbocycles. The number of rotatable bonds is 7. The summed E-state index contributed by atoms with van der Waals surface area (Å²) in [6.45, 7) is 1.49. The lowest BCUT2D eigenvalue weighted by Crippen LogP contribution is -2.45. The predicted octanol–water partition coefficient (Wildman–Crippen LogP) is 2.01. The van der Waals surface area contributed by atoms with E-state index in [1.165, 1.54) is 16.0 Å². The van der Waals surface area contributed by atoms with E-state index in [0.29, 0.717) is 16.4 Å². The van der Waals surface area contributed by atoms with Crippen LogP contribution in [-0.2, 0) is 22.4 Å². The van der Waals surface area contributed by atoms with Gasteiger partial charge >= 0.3 is 6.03 Å². The maximum atomic E-state index is 13.3. The van der Waals surface area contributed by atoms with E-state index in [2.05, 4.69) is 16.0 Å². The van der Waals surface area contributed by atoms with E-state index in [4.69, 9.17) is 21.4 Å². The molecule has 3 amide bonds. The molecule has 0 radical (unpaired) electrons. The fourth-order valence-electron chi connectivity index (χ4n) is 4.40. The summed E-state index contributed by atoms with van der Waals surface area (Å²) in [5.41, 5.74) is 3.72. The van der Waals surface area contributed by atoms with Gasteiger partial charge in [-0.15, -0.1) is 0 Å². The lowest BCUT2D eigenvalue weighted by Gasteiger charge is -2.24. The van der Waals surface area contributed by atoms with Crippen molar-refractivity contribution < 1.29 is 24.5 Å². The molecule has 5 N–H and O–H groups in total. The Labute approximate surface area is 209 Å². The van der Waals surface area contributed by atoms with Crippen LogP contribution in [0.15, 0.2) is 42.5 Å². The molecule has 2 aromatic rings. The van der Waals surface area contributed by atoms with Crippen molar-refractivity contribution >= 4 is 34.9 Å². The van der Waals surface area contributed by atoms with Crippen molar-refractivity contribution in [3.8, 4) is 0 Å². The number of anilines is 2. The summed E-state index contributed by atoms with van der Waals surface area (Å²) < 4.78 is 5.68. The Balaban J connectivity index is 1.47. The minimum absolute atomic E-state index is 0.0823. The number of amides is 3. The molecular weight excluding hydrogens is 472 g/mol. The van der Waals surface area contributed by atoms with Crippen molar-refractivity contribution in [3.05, 3.63) is 58.6 Å². The number of likely N-dealkylation sites (tertiary alicyclic amines) is 1. The maximum Gasteiger partial charge on any atom is 0.322 e. The average molecular weight is 503 g/mol. The van der Waals surface area contributed by atoms with E-state index < -0.39 is 30.9 Å². The molecule has 10 heteroatoms. The molecule has 9 nitrogen and oxygen atoms in total. The number of ether oxygens (including phenoxy) is 1. The third kappa shape index (κ3) is 6.71. The predicted molar refractivity (Wildman–Crippen MR) is 134 cm³/mol. The van der Waals surface area contributed by atoms with Crippen molar-refractivity contribution in [1.29, 1.82) is 0 Å². The first-order valence-electron chi connectivity index (χ1n) is 11.8. The third-order valence-electron chi connectivity index (χ3n) is 6.27. The quantitative estimate of drug-likeness (QED) is 0.395. The number of fused-ring (bicyclic) bond motifs is 1. The van der Waals surface area contributed by atoms with Crippen LogP contribution in [0, 0.1) is 0 Å². The Hall–Kier alpha value is -2.69. The zero-order valence-electron chi connectivity index (χ0n) is 19.4. The van der Waals surface area contributed by atoms with Gasteiger partial charge in [-0.05, 0) is 73.5 Å². The normalized spacial score (nSPS) is 20.6. The average Bonchev–Trinajstić information content (AvgIpc) is 3.16. The summed E-state index contributed by atoms with van der Waals surface area (Å²) >= 11 is 5.93. The molecule has 2 aromatic carbocycles. The number of hydrogen-bond acceptors (Lipinski definition) is 6. The smallest absolute Gasteiger partial charge is 0.322 e. The highest BCUT2D eigenvalue weighted by Crippen LogP contribution is 2.25. The number of carbonyl (C=O) groups excluding carboxylic acids is 2. The molecule has 2 aliphatic rings. The zero-order valence-corrected chi connectivity index (χ0v) is 20.1.